The maximum absolute atomic E-state index is 4.77. The van der Waals surface area contributed by atoms with Crippen LogP contribution in [-0.4, -0.2) is 18.0 Å². The third-order valence-electron chi connectivity index (χ3n) is 1.41. The van der Waals surface area contributed by atoms with Gasteiger partial charge in [-0.15, -0.1) is 0 Å². The molecule has 4 nitrogen and oxygen atoms in total. The van der Waals surface area contributed by atoms with E-state index in [2.05, 4.69) is 14.8 Å². The summed E-state index contributed by atoms with van der Waals surface area (Å²) in [6.07, 6.45) is 3.26. The topological polar surface area (TPSA) is 47.6 Å². The highest BCUT2D eigenvalue weighted by Gasteiger charge is 2.16. The minimum atomic E-state index is 0.179. The summed E-state index contributed by atoms with van der Waals surface area (Å²) in [5.74, 6) is 0.179. The summed E-state index contributed by atoms with van der Waals surface area (Å²) >= 11 is 0. The standard InChI is InChI=1S/C6H6N2O2/c1-2-9-8-6(1)5-3-7-10-4-5/h1-3,5H,4H2. The zero-order valence-electron chi connectivity index (χ0n) is 5.23. The van der Waals surface area contributed by atoms with Crippen LogP contribution in [0.15, 0.2) is 22.0 Å². The largest absolute Gasteiger partial charge is 0.395 e. The number of rotatable bonds is 1. The van der Waals surface area contributed by atoms with Gasteiger partial charge in [0.15, 0.2) is 0 Å². The van der Waals surface area contributed by atoms with E-state index < -0.39 is 0 Å². The first-order valence-corrected chi connectivity index (χ1v) is 3.02. The van der Waals surface area contributed by atoms with Gasteiger partial charge in [0, 0.05) is 6.07 Å². The first-order chi connectivity index (χ1) is 4.97. The fourth-order valence-corrected chi connectivity index (χ4v) is 0.858. The van der Waals surface area contributed by atoms with Crippen LogP contribution in [0.1, 0.15) is 11.6 Å². The van der Waals surface area contributed by atoms with Crippen molar-refractivity contribution >= 4 is 6.21 Å². The molecule has 0 aromatic carbocycles. The van der Waals surface area contributed by atoms with Crippen molar-refractivity contribution in [1.29, 1.82) is 0 Å². The lowest BCUT2D eigenvalue weighted by molar-refractivity contribution is 0.165. The second-order valence-electron chi connectivity index (χ2n) is 2.08. The van der Waals surface area contributed by atoms with Gasteiger partial charge in [0.25, 0.3) is 0 Å². The molecule has 0 aliphatic carbocycles. The molecule has 10 heavy (non-hydrogen) atoms. The molecule has 2 rings (SSSR count). The Balaban J connectivity index is 2.20. The van der Waals surface area contributed by atoms with Gasteiger partial charge in [-0.2, -0.15) is 0 Å². The van der Waals surface area contributed by atoms with Crippen molar-refractivity contribution in [3.05, 3.63) is 18.0 Å². The third-order valence-corrected chi connectivity index (χ3v) is 1.41. The zero-order valence-corrected chi connectivity index (χ0v) is 5.23. The first kappa shape index (κ1) is 5.46. The number of oxime groups is 1. The molecule has 2 heterocycles. The zero-order chi connectivity index (χ0) is 6.81. The third kappa shape index (κ3) is 0.775. The molecule has 0 N–H and O–H groups in total. The van der Waals surface area contributed by atoms with Crippen molar-refractivity contribution < 1.29 is 9.36 Å². The fraction of sp³-hybridized carbons (Fsp3) is 0.333. The SMILES string of the molecule is C1=NOCC1c1ccon1. The maximum atomic E-state index is 4.77. The van der Waals surface area contributed by atoms with Gasteiger partial charge in [0.1, 0.15) is 12.9 Å². The number of hydrogen-bond donors (Lipinski definition) is 0. The average molecular weight is 138 g/mol. The molecule has 4 heteroatoms. The fourth-order valence-electron chi connectivity index (χ4n) is 0.858. The highest BCUT2D eigenvalue weighted by atomic mass is 16.6. The van der Waals surface area contributed by atoms with E-state index >= 15 is 0 Å². The Morgan fingerprint density at radius 1 is 1.60 bits per heavy atom. The van der Waals surface area contributed by atoms with Crippen LogP contribution in [0.2, 0.25) is 0 Å². The number of nitrogens with zero attached hydrogens (tertiary/aromatic N) is 2. The monoisotopic (exact) mass is 138 g/mol. The van der Waals surface area contributed by atoms with Crippen molar-refractivity contribution in [3.8, 4) is 0 Å². The van der Waals surface area contributed by atoms with Gasteiger partial charge in [-0.3, -0.25) is 0 Å². The van der Waals surface area contributed by atoms with E-state index in [9.17, 15) is 0 Å². The Labute approximate surface area is 57.4 Å². The van der Waals surface area contributed by atoms with E-state index in [4.69, 9.17) is 4.84 Å². The molecule has 0 bridgehead atoms. The summed E-state index contributed by atoms with van der Waals surface area (Å²) in [5.41, 5.74) is 0.876. The van der Waals surface area contributed by atoms with Crippen molar-refractivity contribution in [3.63, 3.8) is 0 Å². The van der Waals surface area contributed by atoms with Gasteiger partial charge in [-0.25, -0.2) is 0 Å². The van der Waals surface area contributed by atoms with Gasteiger partial charge < -0.3 is 9.36 Å². The molecule has 1 unspecified atom stereocenters. The molecular weight excluding hydrogens is 132 g/mol. The van der Waals surface area contributed by atoms with Gasteiger partial charge >= 0.3 is 0 Å². The molecule has 0 saturated carbocycles. The lowest BCUT2D eigenvalue weighted by Gasteiger charge is -1.95. The highest BCUT2D eigenvalue weighted by molar-refractivity contribution is 5.67. The molecule has 1 aliphatic rings. The van der Waals surface area contributed by atoms with Crippen LogP contribution in [0.5, 0.6) is 0 Å². The number of aromatic nitrogens is 1. The summed E-state index contributed by atoms with van der Waals surface area (Å²) in [6, 6.07) is 1.81. The Bertz CT molecular complexity index is 230. The van der Waals surface area contributed by atoms with Crippen molar-refractivity contribution in [2.45, 2.75) is 5.92 Å². The highest BCUT2D eigenvalue weighted by Crippen LogP contribution is 2.15. The molecule has 1 aromatic rings. The predicted molar refractivity (Wildman–Crippen MR) is 33.7 cm³/mol. The summed E-state index contributed by atoms with van der Waals surface area (Å²) in [4.78, 5) is 4.77. The Morgan fingerprint density at radius 2 is 2.60 bits per heavy atom. The molecule has 0 radical (unpaired) electrons. The van der Waals surface area contributed by atoms with Crippen molar-refractivity contribution in [2.75, 3.05) is 6.61 Å². The Kier molecular flexibility index (Phi) is 1.16. The summed E-state index contributed by atoms with van der Waals surface area (Å²) in [7, 11) is 0. The molecule has 0 fully saturated rings. The van der Waals surface area contributed by atoms with Crippen LogP contribution in [0.25, 0.3) is 0 Å². The maximum Gasteiger partial charge on any atom is 0.130 e. The summed E-state index contributed by atoms with van der Waals surface area (Å²) in [6.45, 7) is 0.576. The molecule has 0 saturated heterocycles. The molecule has 1 atom stereocenters. The molecule has 0 spiro atoms. The molecule has 1 aromatic heterocycles. The van der Waals surface area contributed by atoms with Gasteiger partial charge in [0.05, 0.1) is 17.8 Å². The lowest BCUT2D eigenvalue weighted by Crippen LogP contribution is -2.00. The van der Waals surface area contributed by atoms with E-state index in [1.807, 2.05) is 6.07 Å². The molecule has 52 valence electrons. The molecule has 0 amide bonds. The van der Waals surface area contributed by atoms with E-state index in [-0.39, 0.29) is 5.92 Å². The van der Waals surface area contributed by atoms with Crippen LogP contribution in [0, 0.1) is 0 Å². The van der Waals surface area contributed by atoms with Crippen LogP contribution >= 0.6 is 0 Å². The lowest BCUT2D eigenvalue weighted by atomic mass is 10.1. The molecule has 1 aliphatic heterocycles. The van der Waals surface area contributed by atoms with Gasteiger partial charge in [-0.05, 0) is 0 Å². The number of hydrogen-bond acceptors (Lipinski definition) is 4. The van der Waals surface area contributed by atoms with Gasteiger partial charge in [-0.1, -0.05) is 10.3 Å². The van der Waals surface area contributed by atoms with Crippen LogP contribution in [-0.2, 0) is 4.84 Å². The Morgan fingerprint density at radius 3 is 3.20 bits per heavy atom. The minimum Gasteiger partial charge on any atom is -0.395 e. The van der Waals surface area contributed by atoms with E-state index in [0.29, 0.717) is 6.61 Å². The van der Waals surface area contributed by atoms with E-state index in [1.54, 1.807) is 12.5 Å². The van der Waals surface area contributed by atoms with E-state index in [1.165, 1.54) is 0 Å². The summed E-state index contributed by atoms with van der Waals surface area (Å²) < 4.78 is 4.66. The first-order valence-electron chi connectivity index (χ1n) is 3.02. The molecular formula is C6H6N2O2. The van der Waals surface area contributed by atoms with Crippen molar-refractivity contribution in [2.24, 2.45) is 5.16 Å². The average Bonchev–Trinajstić information content (AvgIpc) is 2.59. The minimum absolute atomic E-state index is 0.179. The second-order valence-corrected chi connectivity index (χ2v) is 2.08. The second kappa shape index (κ2) is 2.13. The van der Waals surface area contributed by atoms with Crippen LogP contribution < -0.4 is 0 Å². The van der Waals surface area contributed by atoms with Gasteiger partial charge in [0.2, 0.25) is 0 Å². The normalized spacial score (nSPS) is 23.0. The van der Waals surface area contributed by atoms with Crippen LogP contribution in [0.3, 0.4) is 0 Å². The van der Waals surface area contributed by atoms with E-state index in [0.717, 1.165) is 5.69 Å². The van der Waals surface area contributed by atoms with Crippen molar-refractivity contribution in [1.82, 2.24) is 5.16 Å². The quantitative estimate of drug-likeness (QED) is 0.576. The Hall–Kier alpha value is -1.32. The smallest absolute Gasteiger partial charge is 0.130 e. The summed E-state index contributed by atoms with van der Waals surface area (Å²) in [5, 5.41) is 7.37. The van der Waals surface area contributed by atoms with Crippen LogP contribution in [0.4, 0.5) is 0 Å². The predicted octanol–water partition coefficient (Wildman–Crippen LogP) is 0.774.